The second kappa shape index (κ2) is 6.89. The number of carbonyl (C=O) groups excluding carboxylic acids is 1. The molecule has 0 aromatic rings. The van der Waals surface area contributed by atoms with Crippen LogP contribution in [0.2, 0.25) is 0 Å². The molecule has 0 aliphatic carbocycles. The van der Waals surface area contributed by atoms with Gasteiger partial charge in [-0.25, -0.2) is 0 Å². The SMILES string of the molecule is CCOC(=O)C(C)(CCC(C)C)NC(C)C. The van der Waals surface area contributed by atoms with Gasteiger partial charge in [0.25, 0.3) is 0 Å². The van der Waals surface area contributed by atoms with Gasteiger partial charge in [-0.15, -0.1) is 0 Å². The maximum Gasteiger partial charge on any atom is 0.326 e. The Morgan fingerprint density at radius 2 is 1.88 bits per heavy atom. The quantitative estimate of drug-likeness (QED) is 0.682. The third-order valence-corrected chi connectivity index (χ3v) is 2.55. The zero-order chi connectivity index (χ0) is 12.8. The van der Waals surface area contributed by atoms with Crippen LogP contribution in [0.4, 0.5) is 0 Å². The summed E-state index contributed by atoms with van der Waals surface area (Å²) in [5.41, 5.74) is -0.547. The molecule has 1 N–H and O–H groups in total. The van der Waals surface area contributed by atoms with E-state index in [1.54, 1.807) is 0 Å². The smallest absolute Gasteiger partial charge is 0.326 e. The first-order chi connectivity index (χ1) is 7.31. The molecule has 0 bridgehead atoms. The standard InChI is InChI=1S/C13H27NO2/c1-7-16-12(15)13(6,14-11(4)5)9-8-10(2)3/h10-11,14H,7-9H2,1-6H3. The lowest BCUT2D eigenvalue weighted by atomic mass is 9.91. The maximum absolute atomic E-state index is 11.9. The number of esters is 1. The maximum atomic E-state index is 11.9. The lowest BCUT2D eigenvalue weighted by Gasteiger charge is -2.31. The van der Waals surface area contributed by atoms with Gasteiger partial charge in [-0.1, -0.05) is 13.8 Å². The molecular formula is C13H27NO2. The Hall–Kier alpha value is -0.570. The predicted molar refractivity (Wildman–Crippen MR) is 67.4 cm³/mol. The van der Waals surface area contributed by atoms with E-state index in [9.17, 15) is 4.79 Å². The zero-order valence-electron chi connectivity index (χ0n) is 11.6. The summed E-state index contributed by atoms with van der Waals surface area (Å²) in [6.07, 6.45) is 1.84. The molecule has 0 aromatic heterocycles. The van der Waals surface area contributed by atoms with Crippen molar-refractivity contribution in [2.75, 3.05) is 6.61 Å². The molecule has 0 amide bonds. The van der Waals surface area contributed by atoms with Gasteiger partial charge in [0.2, 0.25) is 0 Å². The van der Waals surface area contributed by atoms with Gasteiger partial charge in [0, 0.05) is 6.04 Å². The highest BCUT2D eigenvalue weighted by molar-refractivity contribution is 5.80. The van der Waals surface area contributed by atoms with Crippen LogP contribution >= 0.6 is 0 Å². The fourth-order valence-electron chi connectivity index (χ4n) is 1.74. The molecule has 0 aliphatic rings. The van der Waals surface area contributed by atoms with E-state index in [2.05, 4.69) is 19.2 Å². The topological polar surface area (TPSA) is 38.3 Å². The lowest BCUT2D eigenvalue weighted by molar-refractivity contribution is -0.151. The summed E-state index contributed by atoms with van der Waals surface area (Å²) in [5, 5.41) is 3.32. The average molecular weight is 229 g/mol. The number of hydrogen-bond acceptors (Lipinski definition) is 3. The van der Waals surface area contributed by atoms with E-state index in [-0.39, 0.29) is 12.0 Å². The van der Waals surface area contributed by atoms with Crippen LogP contribution in [0.25, 0.3) is 0 Å². The number of nitrogens with one attached hydrogen (secondary N) is 1. The van der Waals surface area contributed by atoms with Crippen LogP contribution < -0.4 is 5.32 Å². The highest BCUT2D eigenvalue weighted by atomic mass is 16.5. The van der Waals surface area contributed by atoms with Crippen molar-refractivity contribution < 1.29 is 9.53 Å². The molecule has 1 unspecified atom stereocenters. The Balaban J connectivity index is 4.53. The molecule has 0 fully saturated rings. The second-order valence-corrected chi connectivity index (χ2v) is 5.28. The van der Waals surface area contributed by atoms with Gasteiger partial charge in [-0.2, -0.15) is 0 Å². The Bertz CT molecular complexity index is 214. The van der Waals surface area contributed by atoms with Gasteiger partial charge in [0.1, 0.15) is 5.54 Å². The Morgan fingerprint density at radius 3 is 2.25 bits per heavy atom. The molecule has 16 heavy (non-hydrogen) atoms. The molecule has 0 aromatic carbocycles. The van der Waals surface area contributed by atoms with Crippen molar-refractivity contribution in [1.82, 2.24) is 5.32 Å². The van der Waals surface area contributed by atoms with Crippen LogP contribution in [0.1, 0.15) is 54.4 Å². The lowest BCUT2D eigenvalue weighted by Crippen LogP contribution is -2.53. The monoisotopic (exact) mass is 229 g/mol. The van der Waals surface area contributed by atoms with Crippen molar-refractivity contribution >= 4 is 5.97 Å². The number of carbonyl (C=O) groups is 1. The molecule has 96 valence electrons. The number of rotatable bonds is 7. The summed E-state index contributed by atoms with van der Waals surface area (Å²) in [7, 11) is 0. The van der Waals surface area contributed by atoms with Crippen LogP contribution in [0.3, 0.4) is 0 Å². The Morgan fingerprint density at radius 1 is 1.31 bits per heavy atom. The van der Waals surface area contributed by atoms with Gasteiger partial charge in [0.05, 0.1) is 6.61 Å². The van der Waals surface area contributed by atoms with E-state index in [1.807, 2.05) is 27.7 Å². The van der Waals surface area contributed by atoms with E-state index in [1.165, 1.54) is 0 Å². The van der Waals surface area contributed by atoms with Gasteiger partial charge < -0.3 is 4.74 Å². The molecule has 0 rings (SSSR count). The van der Waals surface area contributed by atoms with Crippen molar-refractivity contribution in [2.24, 2.45) is 5.92 Å². The molecule has 0 spiro atoms. The first kappa shape index (κ1) is 15.4. The first-order valence-electron chi connectivity index (χ1n) is 6.26. The third kappa shape index (κ3) is 5.50. The van der Waals surface area contributed by atoms with E-state index in [0.717, 1.165) is 12.8 Å². The van der Waals surface area contributed by atoms with Gasteiger partial charge in [-0.05, 0) is 46.5 Å². The fourth-order valence-corrected chi connectivity index (χ4v) is 1.74. The van der Waals surface area contributed by atoms with E-state index >= 15 is 0 Å². The predicted octanol–water partition coefficient (Wildman–Crippen LogP) is 2.74. The molecule has 3 heteroatoms. The molecule has 0 saturated carbocycles. The van der Waals surface area contributed by atoms with Crippen LogP contribution in [-0.4, -0.2) is 24.2 Å². The van der Waals surface area contributed by atoms with Crippen LogP contribution in [0, 0.1) is 5.92 Å². The first-order valence-corrected chi connectivity index (χ1v) is 6.26. The van der Waals surface area contributed by atoms with Crippen LogP contribution in [0.5, 0.6) is 0 Å². The fraction of sp³-hybridized carbons (Fsp3) is 0.923. The van der Waals surface area contributed by atoms with Crippen molar-refractivity contribution in [1.29, 1.82) is 0 Å². The summed E-state index contributed by atoms with van der Waals surface area (Å²) in [4.78, 5) is 11.9. The highest BCUT2D eigenvalue weighted by Gasteiger charge is 2.34. The van der Waals surface area contributed by atoms with Crippen molar-refractivity contribution in [3.05, 3.63) is 0 Å². The third-order valence-electron chi connectivity index (χ3n) is 2.55. The summed E-state index contributed by atoms with van der Waals surface area (Å²) in [5.74, 6) is 0.465. The Labute approximate surface area is 99.9 Å². The molecule has 3 nitrogen and oxygen atoms in total. The van der Waals surface area contributed by atoms with E-state index in [0.29, 0.717) is 12.5 Å². The summed E-state index contributed by atoms with van der Waals surface area (Å²) in [6, 6.07) is 0.279. The molecule has 0 aliphatic heterocycles. The van der Waals surface area contributed by atoms with Crippen LogP contribution in [-0.2, 0) is 9.53 Å². The summed E-state index contributed by atoms with van der Waals surface area (Å²) in [6.45, 7) is 12.7. The Kier molecular flexibility index (Phi) is 6.65. The second-order valence-electron chi connectivity index (χ2n) is 5.28. The van der Waals surface area contributed by atoms with Crippen molar-refractivity contribution in [2.45, 2.75) is 66.0 Å². The van der Waals surface area contributed by atoms with Crippen LogP contribution in [0.15, 0.2) is 0 Å². The molecule has 0 heterocycles. The van der Waals surface area contributed by atoms with E-state index < -0.39 is 5.54 Å². The highest BCUT2D eigenvalue weighted by Crippen LogP contribution is 2.19. The minimum absolute atomic E-state index is 0.135. The van der Waals surface area contributed by atoms with Gasteiger partial charge >= 0.3 is 5.97 Å². The molecule has 1 atom stereocenters. The number of ether oxygens (including phenoxy) is 1. The minimum Gasteiger partial charge on any atom is -0.465 e. The van der Waals surface area contributed by atoms with Gasteiger partial charge in [-0.3, -0.25) is 10.1 Å². The largest absolute Gasteiger partial charge is 0.465 e. The van der Waals surface area contributed by atoms with Crippen molar-refractivity contribution in [3.63, 3.8) is 0 Å². The average Bonchev–Trinajstić information content (AvgIpc) is 2.14. The normalized spacial score (nSPS) is 15.2. The zero-order valence-corrected chi connectivity index (χ0v) is 11.6. The molecular weight excluding hydrogens is 202 g/mol. The summed E-state index contributed by atoms with van der Waals surface area (Å²) < 4.78 is 5.14. The molecule has 0 radical (unpaired) electrons. The summed E-state index contributed by atoms with van der Waals surface area (Å²) >= 11 is 0. The van der Waals surface area contributed by atoms with E-state index in [4.69, 9.17) is 4.74 Å². The number of hydrogen-bond donors (Lipinski definition) is 1. The minimum atomic E-state index is -0.547. The van der Waals surface area contributed by atoms with Gasteiger partial charge in [0.15, 0.2) is 0 Å². The molecule has 0 saturated heterocycles. The van der Waals surface area contributed by atoms with Crippen molar-refractivity contribution in [3.8, 4) is 0 Å².